The lowest BCUT2D eigenvalue weighted by molar-refractivity contribution is 0.708. The lowest BCUT2D eigenvalue weighted by atomic mass is 9.96. The van der Waals surface area contributed by atoms with Gasteiger partial charge in [0.25, 0.3) is 0 Å². The quantitative estimate of drug-likeness (QED) is 0.778. The number of nitrogens with zero attached hydrogens (tertiary/aromatic N) is 4. The van der Waals surface area contributed by atoms with Crippen LogP contribution in [-0.4, -0.2) is 19.8 Å². The van der Waals surface area contributed by atoms with Crippen molar-refractivity contribution in [2.45, 2.75) is 46.5 Å². The first-order valence-corrected chi connectivity index (χ1v) is 5.73. The number of aromatic nitrogens is 4. The summed E-state index contributed by atoms with van der Waals surface area (Å²) in [5.74, 6) is 1.72. The maximum Gasteiger partial charge on any atom is 0.178 e. The van der Waals surface area contributed by atoms with Crippen LogP contribution in [0.15, 0.2) is 6.07 Å². The van der Waals surface area contributed by atoms with Crippen molar-refractivity contribution >= 4 is 5.65 Å². The van der Waals surface area contributed by atoms with Gasteiger partial charge in [0, 0.05) is 0 Å². The molecule has 0 aliphatic carbocycles. The van der Waals surface area contributed by atoms with Crippen molar-refractivity contribution in [1.82, 2.24) is 19.8 Å². The van der Waals surface area contributed by atoms with Crippen molar-refractivity contribution < 1.29 is 0 Å². The lowest BCUT2D eigenvalue weighted by Crippen LogP contribution is -2.07. The van der Waals surface area contributed by atoms with Crippen molar-refractivity contribution in [3.05, 3.63) is 23.1 Å². The van der Waals surface area contributed by atoms with Gasteiger partial charge in [-0.2, -0.15) is 9.61 Å². The van der Waals surface area contributed by atoms with E-state index < -0.39 is 0 Å². The fraction of sp³-hybridized carbons (Fsp3) is 0.583. The highest BCUT2D eigenvalue weighted by molar-refractivity contribution is 5.43. The molecule has 0 amide bonds. The Balaban J connectivity index is 2.73. The Kier molecular flexibility index (Phi) is 2.66. The van der Waals surface area contributed by atoms with Crippen LogP contribution in [0.4, 0.5) is 0 Å². The van der Waals surface area contributed by atoms with E-state index in [0.29, 0.717) is 11.8 Å². The minimum atomic E-state index is 0.420. The standard InChI is InChI=1S/C12H18N4/c1-7(2)10-6-11-14-13-9(5)16(11)15-12(10)8(3)4/h6-8H,1-5H3. The van der Waals surface area contributed by atoms with E-state index in [1.165, 1.54) is 5.56 Å². The molecule has 16 heavy (non-hydrogen) atoms. The average molecular weight is 218 g/mol. The number of fused-ring (bicyclic) bond motifs is 1. The molecule has 0 bridgehead atoms. The van der Waals surface area contributed by atoms with Crippen LogP contribution in [-0.2, 0) is 0 Å². The number of hydrogen-bond acceptors (Lipinski definition) is 3. The molecule has 4 heteroatoms. The molecule has 0 aliphatic heterocycles. The molecule has 2 aromatic rings. The molecule has 0 aromatic carbocycles. The molecule has 0 N–H and O–H groups in total. The second-order valence-electron chi connectivity index (χ2n) is 4.81. The monoisotopic (exact) mass is 218 g/mol. The second-order valence-corrected chi connectivity index (χ2v) is 4.81. The predicted molar refractivity (Wildman–Crippen MR) is 63.7 cm³/mol. The molecule has 0 saturated heterocycles. The molecule has 0 unspecified atom stereocenters. The fourth-order valence-electron chi connectivity index (χ4n) is 1.88. The minimum absolute atomic E-state index is 0.420. The van der Waals surface area contributed by atoms with E-state index in [9.17, 15) is 0 Å². The second kappa shape index (κ2) is 3.85. The Morgan fingerprint density at radius 1 is 1.06 bits per heavy atom. The van der Waals surface area contributed by atoms with Gasteiger partial charge in [0.1, 0.15) is 0 Å². The largest absolute Gasteiger partial charge is 0.197 e. The summed E-state index contributed by atoms with van der Waals surface area (Å²) in [6, 6.07) is 2.10. The van der Waals surface area contributed by atoms with E-state index in [2.05, 4.69) is 49.1 Å². The molecule has 4 nitrogen and oxygen atoms in total. The maximum atomic E-state index is 4.65. The summed E-state index contributed by atoms with van der Waals surface area (Å²) in [5, 5.41) is 12.8. The third-order valence-electron chi connectivity index (χ3n) is 2.78. The Morgan fingerprint density at radius 2 is 1.75 bits per heavy atom. The van der Waals surface area contributed by atoms with Crippen LogP contribution in [0.25, 0.3) is 5.65 Å². The van der Waals surface area contributed by atoms with Gasteiger partial charge in [-0.05, 0) is 30.4 Å². The third kappa shape index (κ3) is 1.68. The van der Waals surface area contributed by atoms with Gasteiger partial charge in [-0.15, -0.1) is 10.2 Å². The highest BCUT2D eigenvalue weighted by Crippen LogP contribution is 2.25. The SMILES string of the molecule is Cc1nnc2cc(C(C)C)c(C(C)C)nn12. The van der Waals surface area contributed by atoms with Crippen LogP contribution in [0.1, 0.15) is 56.6 Å². The zero-order valence-corrected chi connectivity index (χ0v) is 10.5. The molecule has 2 aromatic heterocycles. The van der Waals surface area contributed by atoms with E-state index in [0.717, 1.165) is 17.2 Å². The molecule has 0 radical (unpaired) electrons. The van der Waals surface area contributed by atoms with Crippen molar-refractivity contribution in [3.8, 4) is 0 Å². The molecule has 86 valence electrons. The average Bonchev–Trinajstić information content (AvgIpc) is 2.58. The number of hydrogen-bond donors (Lipinski definition) is 0. The van der Waals surface area contributed by atoms with Crippen LogP contribution in [0.3, 0.4) is 0 Å². The molecule has 0 fully saturated rings. The van der Waals surface area contributed by atoms with Crippen molar-refractivity contribution in [2.75, 3.05) is 0 Å². The van der Waals surface area contributed by atoms with Gasteiger partial charge in [-0.3, -0.25) is 0 Å². The van der Waals surface area contributed by atoms with Crippen LogP contribution >= 0.6 is 0 Å². The zero-order chi connectivity index (χ0) is 11.9. The van der Waals surface area contributed by atoms with E-state index in [1.54, 1.807) is 0 Å². The fourth-order valence-corrected chi connectivity index (χ4v) is 1.88. The van der Waals surface area contributed by atoms with E-state index >= 15 is 0 Å². The molecular formula is C12H18N4. The summed E-state index contributed by atoms with van der Waals surface area (Å²) in [6.07, 6.45) is 0. The van der Waals surface area contributed by atoms with Gasteiger partial charge < -0.3 is 0 Å². The first kappa shape index (κ1) is 11.0. The lowest BCUT2D eigenvalue weighted by Gasteiger charge is -2.14. The van der Waals surface area contributed by atoms with Crippen LogP contribution < -0.4 is 0 Å². The van der Waals surface area contributed by atoms with Gasteiger partial charge in [-0.25, -0.2) is 0 Å². The molecule has 0 spiro atoms. The molecule has 0 atom stereocenters. The van der Waals surface area contributed by atoms with E-state index in [4.69, 9.17) is 0 Å². The Hall–Kier alpha value is -1.45. The molecular weight excluding hydrogens is 200 g/mol. The van der Waals surface area contributed by atoms with Gasteiger partial charge in [0.2, 0.25) is 0 Å². The zero-order valence-electron chi connectivity index (χ0n) is 10.5. The van der Waals surface area contributed by atoms with Crippen LogP contribution in [0.5, 0.6) is 0 Å². The summed E-state index contributed by atoms with van der Waals surface area (Å²) in [6.45, 7) is 10.6. The van der Waals surface area contributed by atoms with Crippen molar-refractivity contribution in [1.29, 1.82) is 0 Å². The molecule has 0 saturated carbocycles. The summed E-state index contributed by atoms with van der Waals surface area (Å²) in [5.41, 5.74) is 3.26. The molecule has 2 rings (SSSR count). The van der Waals surface area contributed by atoms with Crippen LogP contribution in [0, 0.1) is 6.92 Å². The van der Waals surface area contributed by atoms with Gasteiger partial charge in [-0.1, -0.05) is 27.7 Å². The Bertz CT molecular complexity index is 511. The van der Waals surface area contributed by atoms with Crippen molar-refractivity contribution in [3.63, 3.8) is 0 Å². The highest BCUT2D eigenvalue weighted by Gasteiger charge is 2.15. The van der Waals surface area contributed by atoms with E-state index in [-0.39, 0.29) is 0 Å². The highest BCUT2D eigenvalue weighted by atomic mass is 15.4. The number of rotatable bonds is 2. The van der Waals surface area contributed by atoms with Gasteiger partial charge in [0.05, 0.1) is 5.69 Å². The summed E-state index contributed by atoms with van der Waals surface area (Å²) >= 11 is 0. The number of aryl methyl sites for hydroxylation is 1. The molecule has 2 heterocycles. The third-order valence-corrected chi connectivity index (χ3v) is 2.78. The summed E-state index contributed by atoms with van der Waals surface area (Å²) < 4.78 is 1.82. The molecule has 0 aliphatic rings. The Labute approximate surface area is 95.7 Å². The summed E-state index contributed by atoms with van der Waals surface area (Å²) in [4.78, 5) is 0. The van der Waals surface area contributed by atoms with Gasteiger partial charge >= 0.3 is 0 Å². The predicted octanol–water partition coefficient (Wildman–Crippen LogP) is 2.68. The summed E-state index contributed by atoms with van der Waals surface area (Å²) in [7, 11) is 0. The first-order chi connectivity index (χ1) is 7.50. The van der Waals surface area contributed by atoms with Gasteiger partial charge in [0.15, 0.2) is 11.5 Å². The topological polar surface area (TPSA) is 43.1 Å². The van der Waals surface area contributed by atoms with E-state index in [1.807, 2.05) is 11.4 Å². The van der Waals surface area contributed by atoms with Crippen LogP contribution in [0.2, 0.25) is 0 Å². The normalized spacial score (nSPS) is 11.9. The minimum Gasteiger partial charge on any atom is -0.197 e. The van der Waals surface area contributed by atoms with Crippen molar-refractivity contribution in [2.24, 2.45) is 0 Å². The Morgan fingerprint density at radius 3 is 2.31 bits per heavy atom. The smallest absolute Gasteiger partial charge is 0.178 e. The first-order valence-electron chi connectivity index (χ1n) is 5.73. The maximum absolute atomic E-state index is 4.65.